The Bertz CT molecular complexity index is 1240. The van der Waals surface area contributed by atoms with Crippen molar-refractivity contribution in [1.82, 2.24) is 19.2 Å². The van der Waals surface area contributed by atoms with E-state index in [4.69, 9.17) is 4.74 Å². The molecule has 2 aromatic carbocycles. The minimum atomic E-state index is -0.344. The normalized spacial score (nSPS) is 11.1. The van der Waals surface area contributed by atoms with E-state index in [1.807, 2.05) is 31.2 Å². The van der Waals surface area contributed by atoms with Crippen LogP contribution in [-0.2, 0) is 17.8 Å². The van der Waals surface area contributed by atoms with E-state index in [2.05, 4.69) is 15.5 Å². The van der Waals surface area contributed by atoms with Crippen LogP contribution in [-0.4, -0.2) is 32.2 Å². The first-order valence-electron chi connectivity index (χ1n) is 9.42. The third kappa shape index (κ3) is 3.44. The van der Waals surface area contributed by atoms with Gasteiger partial charge in [0.1, 0.15) is 18.1 Å². The predicted molar refractivity (Wildman–Crippen MR) is 110 cm³/mol. The minimum Gasteiger partial charge on any atom is -0.497 e. The van der Waals surface area contributed by atoms with Gasteiger partial charge in [-0.1, -0.05) is 19.1 Å². The number of nitrogens with one attached hydrogen (secondary N) is 1. The smallest absolute Gasteiger partial charge is 0.297 e. The van der Waals surface area contributed by atoms with Gasteiger partial charge in [0, 0.05) is 12.1 Å². The molecule has 4 aromatic rings. The van der Waals surface area contributed by atoms with Crippen molar-refractivity contribution in [2.75, 3.05) is 12.4 Å². The van der Waals surface area contributed by atoms with Crippen molar-refractivity contribution in [3.63, 3.8) is 0 Å². The molecule has 0 unspecified atom stereocenters. The topological polar surface area (TPSA) is 90.5 Å². The van der Waals surface area contributed by atoms with Gasteiger partial charge in [-0.3, -0.25) is 18.6 Å². The molecule has 1 amide bonds. The first-order chi connectivity index (χ1) is 14.1. The van der Waals surface area contributed by atoms with Crippen LogP contribution in [0.1, 0.15) is 19.2 Å². The number of rotatable bonds is 6. The first kappa shape index (κ1) is 18.7. The fourth-order valence-electron chi connectivity index (χ4n) is 3.38. The van der Waals surface area contributed by atoms with Gasteiger partial charge >= 0.3 is 0 Å². The van der Waals surface area contributed by atoms with Crippen LogP contribution < -0.4 is 15.6 Å². The highest BCUT2D eigenvalue weighted by atomic mass is 16.5. The van der Waals surface area contributed by atoms with Gasteiger partial charge in [0.25, 0.3) is 5.56 Å². The Balaban J connectivity index is 1.73. The number of amides is 1. The molecule has 0 spiro atoms. The molecule has 0 radical (unpaired) electrons. The zero-order valence-corrected chi connectivity index (χ0v) is 16.3. The van der Waals surface area contributed by atoms with E-state index in [1.165, 1.54) is 4.57 Å². The molecule has 0 saturated carbocycles. The van der Waals surface area contributed by atoms with Crippen LogP contribution in [0.2, 0.25) is 0 Å². The molecule has 0 aliphatic heterocycles. The maximum atomic E-state index is 13.1. The lowest BCUT2D eigenvalue weighted by atomic mass is 10.2. The molecule has 2 aromatic heterocycles. The molecule has 29 heavy (non-hydrogen) atoms. The van der Waals surface area contributed by atoms with Crippen molar-refractivity contribution in [2.45, 2.75) is 26.3 Å². The lowest BCUT2D eigenvalue weighted by Gasteiger charge is -2.13. The second kappa shape index (κ2) is 7.75. The number of methoxy groups -OCH3 is 1. The standard InChI is InChI=1S/C21H21N5O3/c1-3-6-18-23-24-20-21(28)25(16-7-4-5-8-17(16)26(18)20)13-19(27)22-14-9-11-15(29-2)12-10-14/h4-5,7-12H,3,6,13H2,1-2H3,(H,22,27). The van der Waals surface area contributed by atoms with Crippen LogP contribution >= 0.6 is 0 Å². The summed E-state index contributed by atoms with van der Waals surface area (Å²) in [6.45, 7) is 1.92. The Morgan fingerprint density at radius 2 is 1.79 bits per heavy atom. The van der Waals surface area contributed by atoms with Crippen LogP contribution in [0.25, 0.3) is 16.7 Å². The average Bonchev–Trinajstić information content (AvgIpc) is 3.16. The summed E-state index contributed by atoms with van der Waals surface area (Å²) in [7, 11) is 1.58. The lowest BCUT2D eigenvalue weighted by molar-refractivity contribution is -0.116. The summed E-state index contributed by atoms with van der Waals surface area (Å²) >= 11 is 0. The summed E-state index contributed by atoms with van der Waals surface area (Å²) in [5.41, 5.74) is 1.97. The van der Waals surface area contributed by atoms with E-state index in [0.29, 0.717) is 23.4 Å². The van der Waals surface area contributed by atoms with E-state index >= 15 is 0 Å². The number of carbonyl (C=O) groups excluding carboxylic acids is 1. The Hall–Kier alpha value is -3.68. The number of para-hydroxylation sites is 2. The Morgan fingerprint density at radius 3 is 2.48 bits per heavy atom. The van der Waals surface area contributed by atoms with Gasteiger partial charge in [0.2, 0.25) is 11.6 Å². The fraction of sp³-hybridized carbons (Fsp3) is 0.238. The molecule has 0 aliphatic rings. The maximum absolute atomic E-state index is 13.1. The zero-order chi connectivity index (χ0) is 20.4. The van der Waals surface area contributed by atoms with Crippen molar-refractivity contribution in [1.29, 1.82) is 0 Å². The van der Waals surface area contributed by atoms with E-state index in [0.717, 1.165) is 17.8 Å². The van der Waals surface area contributed by atoms with Gasteiger partial charge in [-0.15, -0.1) is 10.2 Å². The Labute approximate surface area is 166 Å². The predicted octanol–water partition coefficient (Wildman–Crippen LogP) is 2.64. The quantitative estimate of drug-likeness (QED) is 0.546. The van der Waals surface area contributed by atoms with Crippen LogP contribution in [0.15, 0.2) is 53.3 Å². The third-order valence-electron chi connectivity index (χ3n) is 4.73. The van der Waals surface area contributed by atoms with Crippen molar-refractivity contribution in [2.24, 2.45) is 0 Å². The SMILES string of the molecule is CCCc1nnc2c(=O)n(CC(=O)Nc3ccc(OC)cc3)c3ccccc3n12. The van der Waals surface area contributed by atoms with Gasteiger partial charge < -0.3 is 10.1 Å². The lowest BCUT2D eigenvalue weighted by Crippen LogP contribution is -2.29. The number of carbonyl (C=O) groups is 1. The van der Waals surface area contributed by atoms with Crippen molar-refractivity contribution >= 4 is 28.3 Å². The van der Waals surface area contributed by atoms with Gasteiger partial charge in [-0.2, -0.15) is 0 Å². The molecule has 1 N–H and O–H groups in total. The molecule has 0 aliphatic carbocycles. The van der Waals surface area contributed by atoms with Crippen molar-refractivity contribution < 1.29 is 9.53 Å². The maximum Gasteiger partial charge on any atom is 0.297 e. The molecule has 148 valence electrons. The largest absolute Gasteiger partial charge is 0.497 e. The molecule has 4 rings (SSSR count). The number of fused-ring (bicyclic) bond motifs is 3. The molecular formula is C21H21N5O3. The van der Waals surface area contributed by atoms with Crippen LogP contribution in [0.3, 0.4) is 0 Å². The second-order valence-electron chi connectivity index (χ2n) is 6.68. The highest BCUT2D eigenvalue weighted by Crippen LogP contribution is 2.17. The summed E-state index contributed by atoms with van der Waals surface area (Å²) in [4.78, 5) is 25.7. The number of anilines is 1. The summed E-state index contributed by atoms with van der Waals surface area (Å²) in [6.07, 6.45) is 1.61. The van der Waals surface area contributed by atoms with Crippen LogP contribution in [0, 0.1) is 0 Å². The molecule has 0 bridgehead atoms. The number of nitrogens with zero attached hydrogens (tertiary/aromatic N) is 4. The van der Waals surface area contributed by atoms with E-state index < -0.39 is 0 Å². The van der Waals surface area contributed by atoms with Crippen molar-refractivity contribution in [3.8, 4) is 5.75 Å². The van der Waals surface area contributed by atoms with Gasteiger partial charge in [0.15, 0.2) is 0 Å². The monoisotopic (exact) mass is 391 g/mol. The van der Waals surface area contributed by atoms with Crippen molar-refractivity contribution in [3.05, 3.63) is 64.7 Å². The first-order valence-corrected chi connectivity index (χ1v) is 9.42. The average molecular weight is 391 g/mol. The summed E-state index contributed by atoms with van der Waals surface area (Å²) in [5.74, 6) is 1.14. The number of aryl methyl sites for hydroxylation is 1. The Kier molecular flexibility index (Phi) is 4.99. The zero-order valence-electron chi connectivity index (χ0n) is 16.3. The molecule has 0 fully saturated rings. The van der Waals surface area contributed by atoms with Gasteiger partial charge in [-0.05, 0) is 42.8 Å². The number of ether oxygens (including phenoxy) is 1. The minimum absolute atomic E-state index is 0.127. The van der Waals surface area contributed by atoms with Gasteiger partial charge in [0.05, 0.1) is 18.1 Å². The highest BCUT2D eigenvalue weighted by Gasteiger charge is 2.17. The molecule has 0 saturated heterocycles. The summed E-state index contributed by atoms with van der Waals surface area (Å²) < 4.78 is 8.35. The van der Waals surface area contributed by atoms with E-state index in [1.54, 1.807) is 35.8 Å². The van der Waals surface area contributed by atoms with E-state index in [-0.39, 0.29) is 23.7 Å². The molecule has 2 heterocycles. The summed E-state index contributed by atoms with van der Waals surface area (Å²) in [6, 6.07) is 14.5. The molecule has 0 atom stereocenters. The van der Waals surface area contributed by atoms with Crippen LogP contribution in [0.4, 0.5) is 5.69 Å². The van der Waals surface area contributed by atoms with E-state index in [9.17, 15) is 9.59 Å². The number of hydrogen-bond acceptors (Lipinski definition) is 5. The highest BCUT2D eigenvalue weighted by molar-refractivity contribution is 5.91. The second-order valence-corrected chi connectivity index (χ2v) is 6.68. The molecule has 8 nitrogen and oxygen atoms in total. The van der Waals surface area contributed by atoms with Gasteiger partial charge in [-0.25, -0.2) is 0 Å². The number of benzene rings is 2. The fourth-order valence-corrected chi connectivity index (χ4v) is 3.38. The summed E-state index contributed by atoms with van der Waals surface area (Å²) in [5, 5.41) is 11.1. The van der Waals surface area contributed by atoms with Crippen LogP contribution in [0.5, 0.6) is 5.75 Å². The Morgan fingerprint density at radius 1 is 1.07 bits per heavy atom. The number of hydrogen-bond donors (Lipinski definition) is 1. The number of aromatic nitrogens is 4. The third-order valence-corrected chi connectivity index (χ3v) is 4.73. The molecule has 8 heteroatoms. The molecular weight excluding hydrogens is 370 g/mol.